The fourth-order valence-electron chi connectivity index (χ4n) is 4.08. The topological polar surface area (TPSA) is 35.6 Å². The highest BCUT2D eigenvalue weighted by molar-refractivity contribution is 5.87. The molecule has 0 saturated carbocycles. The van der Waals surface area contributed by atoms with E-state index in [4.69, 9.17) is 0 Å². The van der Waals surface area contributed by atoms with Gasteiger partial charge in [0.25, 0.3) is 0 Å². The number of nitrogens with one attached hydrogen (secondary N) is 1. The van der Waals surface area contributed by atoms with Crippen molar-refractivity contribution in [3.63, 3.8) is 0 Å². The van der Waals surface area contributed by atoms with E-state index in [0.717, 1.165) is 45.4 Å². The van der Waals surface area contributed by atoms with Crippen molar-refractivity contribution in [1.82, 2.24) is 15.1 Å². The first-order valence-corrected chi connectivity index (χ1v) is 8.04. The molecule has 108 valence electrons. The number of piperidine rings is 1. The average molecular weight is 265 g/mol. The summed E-state index contributed by atoms with van der Waals surface area (Å²) < 4.78 is 0. The number of carbonyl (C=O) groups is 1. The van der Waals surface area contributed by atoms with Crippen LogP contribution in [-0.4, -0.2) is 60.0 Å². The first-order chi connectivity index (χ1) is 9.25. The van der Waals surface area contributed by atoms with Gasteiger partial charge in [-0.3, -0.25) is 9.69 Å². The zero-order valence-electron chi connectivity index (χ0n) is 12.2. The van der Waals surface area contributed by atoms with E-state index in [2.05, 4.69) is 22.0 Å². The number of piperazine rings is 1. The van der Waals surface area contributed by atoms with Crippen LogP contribution in [0.15, 0.2) is 0 Å². The van der Waals surface area contributed by atoms with Crippen LogP contribution >= 0.6 is 0 Å². The molecule has 1 N–H and O–H groups in total. The zero-order chi connectivity index (χ0) is 13.3. The third-order valence-electron chi connectivity index (χ3n) is 5.38. The third-order valence-corrected chi connectivity index (χ3v) is 5.38. The summed E-state index contributed by atoms with van der Waals surface area (Å²) >= 11 is 0. The van der Waals surface area contributed by atoms with Crippen molar-refractivity contribution in [3.05, 3.63) is 0 Å². The summed E-state index contributed by atoms with van der Waals surface area (Å²) in [5.74, 6) is 0.373. The number of hydrogen-bond acceptors (Lipinski definition) is 3. The van der Waals surface area contributed by atoms with Gasteiger partial charge in [-0.25, -0.2) is 0 Å². The van der Waals surface area contributed by atoms with Crippen molar-refractivity contribution >= 4 is 5.91 Å². The molecular formula is C15H27N3O. The first-order valence-electron chi connectivity index (χ1n) is 8.04. The number of carbonyl (C=O) groups excluding carboxylic acids is 1. The molecule has 0 bridgehead atoms. The van der Waals surface area contributed by atoms with E-state index in [9.17, 15) is 4.79 Å². The molecule has 3 aliphatic rings. The van der Waals surface area contributed by atoms with Crippen molar-refractivity contribution in [2.75, 3.05) is 32.7 Å². The molecule has 19 heavy (non-hydrogen) atoms. The Morgan fingerprint density at radius 1 is 1.26 bits per heavy atom. The van der Waals surface area contributed by atoms with E-state index in [-0.39, 0.29) is 5.54 Å². The Morgan fingerprint density at radius 2 is 2.16 bits per heavy atom. The summed E-state index contributed by atoms with van der Waals surface area (Å²) in [5, 5.41) is 3.48. The molecule has 3 rings (SSSR count). The highest BCUT2D eigenvalue weighted by atomic mass is 16.2. The SMILES string of the molecule is CCC1(C(=O)N2CCN3CCCCC3C2)CCCN1. The molecular weight excluding hydrogens is 238 g/mol. The summed E-state index contributed by atoms with van der Waals surface area (Å²) in [7, 11) is 0. The first kappa shape index (κ1) is 13.4. The maximum Gasteiger partial charge on any atom is 0.242 e. The fourth-order valence-corrected chi connectivity index (χ4v) is 4.08. The number of amides is 1. The van der Waals surface area contributed by atoms with Crippen LogP contribution in [0.5, 0.6) is 0 Å². The molecule has 0 aromatic rings. The van der Waals surface area contributed by atoms with Gasteiger partial charge in [0, 0.05) is 25.7 Å². The normalized spacial score (nSPS) is 36.3. The minimum absolute atomic E-state index is 0.239. The molecule has 1 amide bonds. The molecule has 4 nitrogen and oxygen atoms in total. The summed E-state index contributed by atoms with van der Waals surface area (Å²) in [6.07, 6.45) is 7.04. The maximum absolute atomic E-state index is 12.9. The number of fused-ring (bicyclic) bond motifs is 1. The molecule has 3 heterocycles. The lowest BCUT2D eigenvalue weighted by atomic mass is 9.91. The lowest BCUT2D eigenvalue weighted by molar-refractivity contribution is -0.141. The van der Waals surface area contributed by atoms with Crippen molar-refractivity contribution < 1.29 is 4.79 Å². The standard InChI is InChI=1S/C15H27N3O/c1-2-15(7-5-8-16-15)14(19)18-11-10-17-9-4-3-6-13(17)12-18/h13,16H,2-12H2,1H3. The van der Waals surface area contributed by atoms with Crippen molar-refractivity contribution in [2.45, 2.75) is 57.0 Å². The second kappa shape index (κ2) is 5.41. The van der Waals surface area contributed by atoms with E-state index in [1.165, 1.54) is 25.8 Å². The zero-order valence-corrected chi connectivity index (χ0v) is 12.2. The van der Waals surface area contributed by atoms with Crippen LogP contribution in [0.25, 0.3) is 0 Å². The Hall–Kier alpha value is -0.610. The molecule has 0 aliphatic carbocycles. The molecule has 0 aromatic heterocycles. The lowest BCUT2D eigenvalue weighted by Crippen LogP contribution is -2.62. The highest BCUT2D eigenvalue weighted by Gasteiger charge is 2.43. The third kappa shape index (κ3) is 2.40. The van der Waals surface area contributed by atoms with E-state index >= 15 is 0 Å². The summed E-state index contributed by atoms with van der Waals surface area (Å²) in [4.78, 5) is 17.6. The van der Waals surface area contributed by atoms with Gasteiger partial charge in [0.2, 0.25) is 5.91 Å². The summed E-state index contributed by atoms with van der Waals surface area (Å²) in [6.45, 7) is 7.36. The number of nitrogens with zero attached hydrogens (tertiary/aromatic N) is 2. The van der Waals surface area contributed by atoms with Gasteiger partial charge in [-0.05, 0) is 45.2 Å². The Balaban J connectivity index is 1.67. The Bertz CT molecular complexity index is 338. The molecule has 0 radical (unpaired) electrons. The van der Waals surface area contributed by atoms with Gasteiger partial charge in [-0.1, -0.05) is 13.3 Å². The van der Waals surface area contributed by atoms with Crippen molar-refractivity contribution in [3.8, 4) is 0 Å². The van der Waals surface area contributed by atoms with Gasteiger partial charge < -0.3 is 10.2 Å². The molecule has 4 heteroatoms. The van der Waals surface area contributed by atoms with Crippen LogP contribution in [-0.2, 0) is 4.79 Å². The van der Waals surface area contributed by atoms with Crippen LogP contribution in [0.1, 0.15) is 45.4 Å². The minimum atomic E-state index is -0.239. The Kier molecular flexibility index (Phi) is 3.81. The van der Waals surface area contributed by atoms with Gasteiger partial charge in [0.15, 0.2) is 0 Å². The van der Waals surface area contributed by atoms with Gasteiger partial charge in [0.05, 0.1) is 5.54 Å². The maximum atomic E-state index is 12.9. The van der Waals surface area contributed by atoms with E-state index in [1.54, 1.807) is 0 Å². The average Bonchev–Trinajstić information content (AvgIpc) is 2.96. The second-order valence-electron chi connectivity index (χ2n) is 6.40. The fraction of sp³-hybridized carbons (Fsp3) is 0.933. The lowest BCUT2D eigenvalue weighted by Gasteiger charge is -2.46. The van der Waals surface area contributed by atoms with Crippen molar-refractivity contribution in [1.29, 1.82) is 0 Å². The smallest absolute Gasteiger partial charge is 0.242 e. The molecule has 3 fully saturated rings. The molecule has 3 aliphatic heterocycles. The van der Waals surface area contributed by atoms with E-state index in [1.807, 2.05) is 0 Å². The van der Waals surface area contributed by atoms with Gasteiger partial charge >= 0.3 is 0 Å². The van der Waals surface area contributed by atoms with E-state index < -0.39 is 0 Å². The van der Waals surface area contributed by atoms with Crippen LogP contribution in [0.3, 0.4) is 0 Å². The highest BCUT2D eigenvalue weighted by Crippen LogP contribution is 2.28. The van der Waals surface area contributed by atoms with Gasteiger partial charge in [-0.2, -0.15) is 0 Å². The van der Waals surface area contributed by atoms with Gasteiger partial charge in [0.1, 0.15) is 0 Å². The van der Waals surface area contributed by atoms with Crippen LogP contribution in [0.2, 0.25) is 0 Å². The van der Waals surface area contributed by atoms with Crippen LogP contribution in [0, 0.1) is 0 Å². The molecule has 0 aromatic carbocycles. The summed E-state index contributed by atoms with van der Waals surface area (Å²) in [6, 6.07) is 0.627. The van der Waals surface area contributed by atoms with E-state index in [0.29, 0.717) is 11.9 Å². The van der Waals surface area contributed by atoms with Crippen molar-refractivity contribution in [2.24, 2.45) is 0 Å². The van der Waals surface area contributed by atoms with Gasteiger partial charge in [-0.15, -0.1) is 0 Å². The predicted octanol–water partition coefficient (Wildman–Crippen LogP) is 1.22. The quantitative estimate of drug-likeness (QED) is 0.815. The Morgan fingerprint density at radius 3 is 2.89 bits per heavy atom. The second-order valence-corrected chi connectivity index (χ2v) is 6.40. The Labute approximate surface area is 116 Å². The molecule has 2 atom stereocenters. The minimum Gasteiger partial charge on any atom is -0.338 e. The molecule has 3 saturated heterocycles. The van der Waals surface area contributed by atoms with Crippen LogP contribution in [0.4, 0.5) is 0 Å². The largest absolute Gasteiger partial charge is 0.338 e. The monoisotopic (exact) mass is 265 g/mol. The molecule has 2 unspecified atom stereocenters. The molecule has 0 spiro atoms. The van der Waals surface area contributed by atoms with Crippen LogP contribution < -0.4 is 5.32 Å². The predicted molar refractivity (Wildman–Crippen MR) is 76.1 cm³/mol. The summed E-state index contributed by atoms with van der Waals surface area (Å²) in [5.41, 5.74) is -0.239. The number of hydrogen-bond donors (Lipinski definition) is 1. The number of rotatable bonds is 2.